The molecule has 0 unspecified atom stereocenters. The zero-order valence-electron chi connectivity index (χ0n) is 14.1. The standard InChI is InChI=1S/C21H18N2O3/c24-17-10-9-12-3-1-2-4-15(12)16(17)11-22-23-20(25)18-13-5-6-14(8-7-13)19(18)21(23)26/h1-6,9-11,13-14,18-19,24H,7-8H2/b22-11-/t13-,14-,18-,19-/m1/s1. The zero-order chi connectivity index (χ0) is 17.8. The molecule has 26 heavy (non-hydrogen) atoms. The summed E-state index contributed by atoms with van der Waals surface area (Å²) < 4.78 is 0. The first-order chi connectivity index (χ1) is 12.6. The van der Waals surface area contributed by atoms with Crippen LogP contribution in [0.4, 0.5) is 0 Å². The fraction of sp³-hybridized carbons (Fsp3) is 0.286. The lowest BCUT2D eigenvalue weighted by Gasteiger charge is -2.37. The van der Waals surface area contributed by atoms with E-state index in [0.717, 1.165) is 28.6 Å². The molecular weight excluding hydrogens is 328 g/mol. The van der Waals surface area contributed by atoms with Crippen molar-refractivity contribution >= 4 is 28.8 Å². The van der Waals surface area contributed by atoms with Crippen molar-refractivity contribution in [3.63, 3.8) is 0 Å². The molecule has 1 saturated carbocycles. The molecule has 2 aromatic rings. The summed E-state index contributed by atoms with van der Waals surface area (Å²) in [6.45, 7) is 0. The summed E-state index contributed by atoms with van der Waals surface area (Å²) in [5.41, 5.74) is 0.514. The van der Waals surface area contributed by atoms with E-state index in [1.165, 1.54) is 6.21 Å². The van der Waals surface area contributed by atoms with Gasteiger partial charge in [0.05, 0.1) is 18.1 Å². The first kappa shape index (κ1) is 15.3. The Bertz CT molecular complexity index is 962. The van der Waals surface area contributed by atoms with Crippen LogP contribution in [0.5, 0.6) is 5.75 Å². The van der Waals surface area contributed by atoms with Gasteiger partial charge in [0.25, 0.3) is 11.8 Å². The van der Waals surface area contributed by atoms with Gasteiger partial charge in [-0.3, -0.25) is 9.59 Å². The molecule has 1 N–H and O–H groups in total. The Morgan fingerprint density at radius 2 is 1.62 bits per heavy atom. The van der Waals surface area contributed by atoms with E-state index in [9.17, 15) is 14.7 Å². The Hall–Kier alpha value is -2.95. The predicted octanol–water partition coefficient (Wildman–Crippen LogP) is 3.08. The van der Waals surface area contributed by atoms with Crippen molar-refractivity contribution in [3.8, 4) is 5.75 Å². The molecule has 5 nitrogen and oxygen atoms in total. The molecule has 2 amide bonds. The van der Waals surface area contributed by atoms with E-state index in [1.54, 1.807) is 6.07 Å². The summed E-state index contributed by atoms with van der Waals surface area (Å²) in [5.74, 6) is -0.606. The average Bonchev–Trinajstić information content (AvgIpc) is 2.95. The summed E-state index contributed by atoms with van der Waals surface area (Å²) in [4.78, 5) is 25.6. The Morgan fingerprint density at radius 1 is 0.962 bits per heavy atom. The smallest absolute Gasteiger partial charge is 0.254 e. The molecule has 130 valence electrons. The van der Waals surface area contributed by atoms with E-state index >= 15 is 0 Å². The van der Waals surface area contributed by atoms with Crippen molar-refractivity contribution in [2.24, 2.45) is 28.8 Å². The molecule has 5 heteroatoms. The molecule has 2 fully saturated rings. The van der Waals surface area contributed by atoms with Gasteiger partial charge in [-0.1, -0.05) is 42.5 Å². The first-order valence-corrected chi connectivity index (χ1v) is 8.96. The molecule has 1 aliphatic heterocycles. The van der Waals surface area contributed by atoms with Gasteiger partial charge in [-0.15, -0.1) is 0 Å². The lowest BCUT2D eigenvalue weighted by atomic mass is 9.63. The number of imide groups is 1. The van der Waals surface area contributed by atoms with Crippen LogP contribution in [0.1, 0.15) is 18.4 Å². The number of nitrogens with zero attached hydrogens (tertiary/aromatic N) is 2. The van der Waals surface area contributed by atoms with Crippen LogP contribution in [0.3, 0.4) is 0 Å². The predicted molar refractivity (Wildman–Crippen MR) is 97.4 cm³/mol. The summed E-state index contributed by atoms with van der Waals surface area (Å²) in [7, 11) is 0. The third kappa shape index (κ3) is 2.06. The fourth-order valence-electron chi connectivity index (χ4n) is 4.71. The molecule has 4 atom stereocenters. The number of fused-ring (bicyclic) bond motifs is 2. The van der Waals surface area contributed by atoms with Crippen molar-refractivity contribution < 1.29 is 14.7 Å². The van der Waals surface area contributed by atoms with Gasteiger partial charge >= 0.3 is 0 Å². The molecule has 0 aromatic heterocycles. The Morgan fingerprint density at radius 3 is 2.27 bits per heavy atom. The number of aromatic hydroxyl groups is 1. The number of hydrogen-bond donors (Lipinski definition) is 1. The van der Waals surface area contributed by atoms with Crippen molar-refractivity contribution in [3.05, 3.63) is 54.1 Å². The number of carbonyl (C=O) groups is 2. The summed E-state index contributed by atoms with van der Waals surface area (Å²) in [6, 6.07) is 11.0. The van der Waals surface area contributed by atoms with E-state index in [1.807, 2.05) is 30.3 Å². The van der Waals surface area contributed by atoms with Gasteiger partial charge in [-0.2, -0.15) is 10.1 Å². The summed E-state index contributed by atoms with van der Waals surface area (Å²) >= 11 is 0. The minimum Gasteiger partial charge on any atom is -0.507 e. The Kier molecular flexibility index (Phi) is 3.26. The lowest BCUT2D eigenvalue weighted by Crippen LogP contribution is -2.38. The van der Waals surface area contributed by atoms with Crippen LogP contribution in [0.2, 0.25) is 0 Å². The average molecular weight is 346 g/mol. The molecule has 1 heterocycles. The first-order valence-electron chi connectivity index (χ1n) is 8.96. The van der Waals surface area contributed by atoms with Gasteiger partial charge in [0.2, 0.25) is 0 Å². The number of amides is 2. The second-order valence-corrected chi connectivity index (χ2v) is 7.29. The topological polar surface area (TPSA) is 70.0 Å². The van der Waals surface area contributed by atoms with Crippen LogP contribution in [-0.4, -0.2) is 28.1 Å². The maximum atomic E-state index is 12.8. The maximum absolute atomic E-state index is 12.8. The molecule has 0 spiro atoms. The molecule has 3 aliphatic carbocycles. The number of phenolic OH excluding ortho intramolecular Hbond substituents is 1. The van der Waals surface area contributed by atoms with Gasteiger partial charge in [0.15, 0.2) is 0 Å². The minimum absolute atomic E-state index is 0.0747. The highest BCUT2D eigenvalue weighted by molar-refractivity contribution is 6.08. The highest BCUT2D eigenvalue weighted by atomic mass is 16.3. The van der Waals surface area contributed by atoms with E-state index in [0.29, 0.717) is 5.56 Å². The van der Waals surface area contributed by atoms with Gasteiger partial charge in [-0.25, -0.2) is 0 Å². The second kappa shape index (κ2) is 5.53. The van der Waals surface area contributed by atoms with E-state index in [4.69, 9.17) is 0 Å². The fourth-order valence-corrected chi connectivity index (χ4v) is 4.71. The number of benzene rings is 2. The quantitative estimate of drug-likeness (QED) is 0.516. The zero-order valence-corrected chi connectivity index (χ0v) is 14.1. The van der Waals surface area contributed by atoms with Crippen LogP contribution >= 0.6 is 0 Å². The summed E-state index contributed by atoms with van der Waals surface area (Å²) in [6.07, 6.45) is 7.53. The number of rotatable bonds is 2. The SMILES string of the molecule is O=C1[C@H]2[C@H](C(=O)N1/N=C\c1c(O)ccc3ccccc13)[C@@H]1C=C[C@@H]2CC1. The third-order valence-electron chi connectivity index (χ3n) is 5.99. The van der Waals surface area contributed by atoms with Gasteiger partial charge in [0, 0.05) is 5.56 Å². The van der Waals surface area contributed by atoms with Crippen molar-refractivity contribution in [1.29, 1.82) is 0 Å². The molecule has 4 aliphatic rings. The maximum Gasteiger partial charge on any atom is 0.254 e. The largest absolute Gasteiger partial charge is 0.507 e. The van der Waals surface area contributed by atoms with Crippen LogP contribution in [-0.2, 0) is 9.59 Å². The number of carbonyl (C=O) groups excluding carboxylic acids is 2. The van der Waals surface area contributed by atoms with Gasteiger partial charge < -0.3 is 5.11 Å². The molecular formula is C21H18N2O3. The molecule has 0 radical (unpaired) electrons. The van der Waals surface area contributed by atoms with Crippen molar-refractivity contribution in [2.45, 2.75) is 12.8 Å². The monoisotopic (exact) mass is 346 g/mol. The van der Waals surface area contributed by atoms with E-state index in [-0.39, 0.29) is 41.2 Å². The van der Waals surface area contributed by atoms with Crippen molar-refractivity contribution in [2.75, 3.05) is 0 Å². The van der Waals surface area contributed by atoms with Crippen LogP contribution in [0.15, 0.2) is 53.7 Å². The molecule has 6 rings (SSSR count). The number of allylic oxidation sites excluding steroid dienone is 2. The molecule has 2 bridgehead atoms. The third-order valence-corrected chi connectivity index (χ3v) is 5.99. The Balaban J connectivity index is 1.52. The summed E-state index contributed by atoms with van der Waals surface area (Å²) in [5, 5.41) is 17.2. The number of hydrogen-bond acceptors (Lipinski definition) is 4. The highest BCUT2D eigenvalue weighted by Crippen LogP contribution is 2.49. The van der Waals surface area contributed by atoms with E-state index in [2.05, 4.69) is 17.3 Å². The van der Waals surface area contributed by atoms with Crippen LogP contribution in [0, 0.1) is 23.7 Å². The van der Waals surface area contributed by atoms with Gasteiger partial charge in [0.1, 0.15) is 5.75 Å². The van der Waals surface area contributed by atoms with Crippen molar-refractivity contribution in [1.82, 2.24) is 5.01 Å². The number of phenols is 1. The van der Waals surface area contributed by atoms with Gasteiger partial charge in [-0.05, 0) is 41.5 Å². The minimum atomic E-state index is -0.274. The van der Waals surface area contributed by atoms with E-state index < -0.39 is 0 Å². The second-order valence-electron chi connectivity index (χ2n) is 7.29. The van der Waals surface area contributed by atoms with Crippen LogP contribution < -0.4 is 0 Å². The van der Waals surface area contributed by atoms with Crippen LogP contribution in [0.25, 0.3) is 10.8 Å². The Labute approximate surface area is 150 Å². The molecule has 1 saturated heterocycles. The normalized spacial score (nSPS) is 29.9. The lowest BCUT2D eigenvalue weighted by molar-refractivity contribution is -0.140. The number of hydrazone groups is 1. The highest BCUT2D eigenvalue weighted by Gasteiger charge is 2.56. The molecule has 2 aromatic carbocycles.